The SMILES string of the molecule is O=C(O)Cc1ccc(Sc2ncccc2C(F)(F)F)cc1. The fourth-order valence-electron chi connectivity index (χ4n) is 1.65. The Bertz CT molecular complexity index is 641. The maximum Gasteiger partial charge on any atom is 0.419 e. The van der Waals surface area contributed by atoms with E-state index in [1.807, 2.05) is 0 Å². The third-order valence-corrected chi connectivity index (χ3v) is 3.60. The Balaban J connectivity index is 2.21. The maximum absolute atomic E-state index is 12.8. The summed E-state index contributed by atoms with van der Waals surface area (Å²) in [6, 6.07) is 8.53. The number of carboxylic acids is 1. The molecule has 0 bridgehead atoms. The second kappa shape index (κ2) is 6.17. The van der Waals surface area contributed by atoms with Crippen LogP contribution in [-0.2, 0) is 17.4 Å². The van der Waals surface area contributed by atoms with E-state index in [1.54, 1.807) is 24.3 Å². The largest absolute Gasteiger partial charge is 0.481 e. The number of alkyl halides is 3. The molecule has 1 aromatic heterocycles. The molecule has 1 aromatic carbocycles. The van der Waals surface area contributed by atoms with Crippen molar-refractivity contribution < 1.29 is 23.1 Å². The monoisotopic (exact) mass is 313 g/mol. The zero-order chi connectivity index (χ0) is 15.5. The highest BCUT2D eigenvalue weighted by atomic mass is 32.2. The van der Waals surface area contributed by atoms with Crippen LogP contribution in [0.25, 0.3) is 0 Å². The molecule has 1 N–H and O–H groups in total. The summed E-state index contributed by atoms with van der Waals surface area (Å²) in [7, 11) is 0. The van der Waals surface area contributed by atoms with Crippen molar-refractivity contribution in [3.05, 3.63) is 53.7 Å². The third-order valence-electron chi connectivity index (χ3n) is 2.57. The summed E-state index contributed by atoms with van der Waals surface area (Å²) in [5.41, 5.74) is -0.200. The van der Waals surface area contributed by atoms with Crippen molar-refractivity contribution in [3.8, 4) is 0 Å². The van der Waals surface area contributed by atoms with Gasteiger partial charge in [0, 0.05) is 11.1 Å². The Hall–Kier alpha value is -2.02. The normalized spacial score (nSPS) is 11.4. The van der Waals surface area contributed by atoms with Crippen LogP contribution in [0.15, 0.2) is 52.5 Å². The highest BCUT2D eigenvalue weighted by Gasteiger charge is 2.34. The van der Waals surface area contributed by atoms with E-state index in [4.69, 9.17) is 5.11 Å². The number of aliphatic carboxylic acids is 1. The van der Waals surface area contributed by atoms with Gasteiger partial charge in [0.1, 0.15) is 5.03 Å². The molecule has 1 heterocycles. The van der Waals surface area contributed by atoms with Gasteiger partial charge in [-0.2, -0.15) is 13.2 Å². The lowest BCUT2D eigenvalue weighted by Crippen LogP contribution is -2.07. The molecule has 0 spiro atoms. The number of benzene rings is 1. The number of carboxylic acid groups (broad SMARTS) is 1. The van der Waals surface area contributed by atoms with Gasteiger partial charge in [-0.1, -0.05) is 23.9 Å². The van der Waals surface area contributed by atoms with Gasteiger partial charge in [-0.05, 0) is 29.8 Å². The van der Waals surface area contributed by atoms with Crippen LogP contribution < -0.4 is 0 Å². The minimum atomic E-state index is -4.46. The number of carbonyl (C=O) groups is 1. The Morgan fingerprint density at radius 2 is 1.86 bits per heavy atom. The quantitative estimate of drug-likeness (QED) is 0.930. The van der Waals surface area contributed by atoms with E-state index < -0.39 is 17.7 Å². The van der Waals surface area contributed by atoms with E-state index in [-0.39, 0.29) is 11.4 Å². The second-order valence-corrected chi connectivity index (χ2v) is 5.23. The first-order valence-electron chi connectivity index (χ1n) is 5.87. The van der Waals surface area contributed by atoms with Crippen molar-refractivity contribution >= 4 is 17.7 Å². The smallest absolute Gasteiger partial charge is 0.419 e. The van der Waals surface area contributed by atoms with Crippen LogP contribution in [0.3, 0.4) is 0 Å². The van der Waals surface area contributed by atoms with Crippen molar-refractivity contribution in [1.82, 2.24) is 4.98 Å². The molecule has 0 aliphatic heterocycles. The van der Waals surface area contributed by atoms with Gasteiger partial charge < -0.3 is 5.11 Å². The minimum absolute atomic E-state index is 0.123. The van der Waals surface area contributed by atoms with E-state index >= 15 is 0 Å². The van der Waals surface area contributed by atoms with Crippen LogP contribution in [0.2, 0.25) is 0 Å². The van der Waals surface area contributed by atoms with Gasteiger partial charge in [0.15, 0.2) is 0 Å². The van der Waals surface area contributed by atoms with Gasteiger partial charge in [0.2, 0.25) is 0 Å². The molecule has 0 saturated carbocycles. The molecule has 2 aromatic rings. The molecule has 2 rings (SSSR count). The van der Waals surface area contributed by atoms with Crippen LogP contribution in [0.5, 0.6) is 0 Å². The lowest BCUT2D eigenvalue weighted by molar-refractivity contribution is -0.140. The summed E-state index contributed by atoms with van der Waals surface area (Å²) in [5, 5.41) is 8.53. The summed E-state index contributed by atoms with van der Waals surface area (Å²) in [4.78, 5) is 14.9. The first kappa shape index (κ1) is 15.4. The zero-order valence-corrected chi connectivity index (χ0v) is 11.4. The van der Waals surface area contributed by atoms with Crippen LogP contribution in [0.4, 0.5) is 13.2 Å². The average Bonchev–Trinajstić information content (AvgIpc) is 2.40. The van der Waals surface area contributed by atoms with Crippen molar-refractivity contribution in [1.29, 1.82) is 0 Å². The van der Waals surface area contributed by atoms with Crippen LogP contribution in [0.1, 0.15) is 11.1 Å². The van der Waals surface area contributed by atoms with Crippen molar-refractivity contribution in [2.75, 3.05) is 0 Å². The van der Waals surface area contributed by atoms with Crippen LogP contribution in [0, 0.1) is 0 Å². The van der Waals surface area contributed by atoms with Crippen LogP contribution in [-0.4, -0.2) is 16.1 Å². The van der Waals surface area contributed by atoms with E-state index in [9.17, 15) is 18.0 Å². The van der Waals surface area contributed by atoms with E-state index in [2.05, 4.69) is 4.98 Å². The topological polar surface area (TPSA) is 50.2 Å². The van der Waals surface area contributed by atoms with Gasteiger partial charge in [-0.25, -0.2) is 4.98 Å². The fraction of sp³-hybridized carbons (Fsp3) is 0.143. The first-order valence-corrected chi connectivity index (χ1v) is 6.69. The Morgan fingerprint density at radius 1 is 1.19 bits per heavy atom. The highest BCUT2D eigenvalue weighted by molar-refractivity contribution is 7.99. The van der Waals surface area contributed by atoms with Crippen molar-refractivity contribution in [2.24, 2.45) is 0 Å². The van der Waals surface area contributed by atoms with Gasteiger partial charge in [-0.15, -0.1) is 0 Å². The fourth-order valence-corrected chi connectivity index (χ4v) is 2.55. The summed E-state index contributed by atoms with van der Waals surface area (Å²) < 4.78 is 38.5. The molecule has 0 aliphatic rings. The lowest BCUT2D eigenvalue weighted by Gasteiger charge is -2.11. The lowest BCUT2D eigenvalue weighted by atomic mass is 10.2. The number of pyridine rings is 1. The Labute approximate surface area is 122 Å². The van der Waals surface area contributed by atoms with E-state index in [1.165, 1.54) is 12.3 Å². The van der Waals surface area contributed by atoms with Crippen molar-refractivity contribution in [2.45, 2.75) is 22.5 Å². The first-order chi connectivity index (χ1) is 9.86. The summed E-state index contributed by atoms with van der Waals surface area (Å²) in [6.45, 7) is 0. The molecular weight excluding hydrogens is 303 g/mol. The molecule has 3 nitrogen and oxygen atoms in total. The molecule has 21 heavy (non-hydrogen) atoms. The van der Waals surface area contributed by atoms with Crippen molar-refractivity contribution in [3.63, 3.8) is 0 Å². The number of nitrogens with zero attached hydrogens (tertiary/aromatic N) is 1. The van der Waals surface area contributed by atoms with Gasteiger partial charge in [-0.3, -0.25) is 4.79 Å². The summed E-state index contributed by atoms with van der Waals surface area (Å²) in [6.07, 6.45) is -3.28. The Morgan fingerprint density at radius 3 is 2.43 bits per heavy atom. The molecular formula is C14H10F3NO2S. The molecule has 0 atom stereocenters. The average molecular weight is 313 g/mol. The number of hydrogen-bond donors (Lipinski definition) is 1. The predicted molar refractivity (Wildman–Crippen MR) is 71.1 cm³/mol. The molecule has 110 valence electrons. The van der Waals surface area contributed by atoms with E-state index in [0.29, 0.717) is 10.5 Å². The molecule has 0 fully saturated rings. The zero-order valence-electron chi connectivity index (χ0n) is 10.6. The number of aromatic nitrogens is 1. The number of halogens is 3. The molecule has 0 unspecified atom stereocenters. The van der Waals surface area contributed by atoms with Gasteiger partial charge >= 0.3 is 12.1 Å². The number of hydrogen-bond acceptors (Lipinski definition) is 3. The number of rotatable bonds is 4. The standard InChI is InChI=1S/C14H10F3NO2S/c15-14(16,17)11-2-1-7-18-13(11)21-10-5-3-9(4-6-10)8-12(19)20/h1-7H,8H2,(H,19,20). The van der Waals surface area contributed by atoms with Gasteiger partial charge in [0.05, 0.1) is 12.0 Å². The minimum Gasteiger partial charge on any atom is -0.481 e. The second-order valence-electron chi connectivity index (χ2n) is 4.17. The van der Waals surface area contributed by atoms with E-state index in [0.717, 1.165) is 17.8 Å². The van der Waals surface area contributed by atoms with Gasteiger partial charge in [0.25, 0.3) is 0 Å². The summed E-state index contributed by atoms with van der Waals surface area (Å²) in [5.74, 6) is -0.959. The highest BCUT2D eigenvalue weighted by Crippen LogP contribution is 2.37. The maximum atomic E-state index is 12.8. The molecule has 0 amide bonds. The molecule has 7 heteroatoms. The predicted octanol–water partition coefficient (Wildman–Crippen LogP) is 3.88. The Kier molecular flexibility index (Phi) is 4.52. The molecule has 0 radical (unpaired) electrons. The van der Waals surface area contributed by atoms with Crippen LogP contribution >= 0.6 is 11.8 Å². The molecule has 0 saturated heterocycles. The molecule has 0 aliphatic carbocycles. The third kappa shape index (κ3) is 4.22. The summed E-state index contributed by atoms with van der Waals surface area (Å²) >= 11 is 0.890.